The van der Waals surface area contributed by atoms with Crippen LogP contribution in [-0.4, -0.2) is 98.1 Å². The van der Waals surface area contributed by atoms with Gasteiger partial charge in [-0.1, -0.05) is 13.8 Å². The Bertz CT molecular complexity index is 257. The van der Waals surface area contributed by atoms with E-state index in [2.05, 4.69) is 33.4 Å². The van der Waals surface area contributed by atoms with Gasteiger partial charge in [0.2, 0.25) is 0 Å². The molecule has 4 nitrogen and oxygen atoms in total. The van der Waals surface area contributed by atoms with Crippen molar-refractivity contribution in [1.82, 2.24) is 19.6 Å². The van der Waals surface area contributed by atoms with Crippen LogP contribution in [-0.2, 0) is 13.1 Å². The minimum absolute atomic E-state index is 0.00694. The van der Waals surface area contributed by atoms with Crippen LogP contribution in [0.4, 0.5) is 0 Å². The number of nitrogens with zero attached hydrogens (tertiary/aromatic N) is 4. The van der Waals surface area contributed by atoms with Gasteiger partial charge in [-0.3, -0.25) is 0 Å². The van der Waals surface area contributed by atoms with E-state index < -0.39 is 0 Å². The molecule has 139 valence electrons. The molecule has 2 fully saturated rings. The van der Waals surface area contributed by atoms with Crippen molar-refractivity contribution in [1.29, 1.82) is 0 Å². The van der Waals surface area contributed by atoms with Crippen LogP contribution in [0.5, 0.6) is 0 Å². The second-order valence-corrected chi connectivity index (χ2v) is 8.26. The maximum absolute atomic E-state index is 4.80. The van der Waals surface area contributed by atoms with Gasteiger partial charge >= 0.3 is 33.3 Å². The summed E-state index contributed by atoms with van der Waals surface area (Å²) in [6.07, 6.45) is 2.67. The summed E-state index contributed by atoms with van der Waals surface area (Å²) in [6, 6.07) is 0. The van der Waals surface area contributed by atoms with Crippen LogP contribution < -0.4 is 0 Å². The van der Waals surface area contributed by atoms with Crippen molar-refractivity contribution in [3.63, 3.8) is 0 Å². The molecule has 0 radical (unpaired) electrons. The third-order valence-corrected chi connectivity index (χ3v) is 4.99. The van der Waals surface area contributed by atoms with Crippen LogP contribution >= 0.6 is 20.2 Å². The van der Waals surface area contributed by atoms with E-state index >= 15 is 0 Å². The van der Waals surface area contributed by atoms with Crippen LogP contribution in [0.2, 0.25) is 0 Å². The molecule has 2 heterocycles. The van der Waals surface area contributed by atoms with Gasteiger partial charge in [-0.15, -0.1) is 0 Å². The standard InChI is InChI=1S/C16H34N4.2ClH.Mn/c1-3-17-7-5-9-20-14-12-18(4-2)8-6-10-19(13-11-17)15-16-20;;;/h3-16H2,1-2H3;2*1H;/q;;;+2/p-2. The molecule has 2 atom stereocenters. The van der Waals surface area contributed by atoms with Crippen molar-refractivity contribution in [3.8, 4) is 0 Å². The fourth-order valence-electron chi connectivity index (χ4n) is 3.41. The third-order valence-electron chi connectivity index (χ3n) is 4.99. The van der Waals surface area contributed by atoms with E-state index in [9.17, 15) is 0 Å². The first kappa shape index (κ1) is 22.0. The molecule has 2 rings (SSSR count). The predicted molar refractivity (Wildman–Crippen MR) is 98.0 cm³/mol. The van der Waals surface area contributed by atoms with Crippen molar-refractivity contribution >= 4 is 20.2 Å². The van der Waals surface area contributed by atoms with E-state index in [1.54, 1.807) is 0 Å². The molecule has 2 aliphatic heterocycles. The summed E-state index contributed by atoms with van der Waals surface area (Å²) in [5.41, 5.74) is 0. The van der Waals surface area contributed by atoms with Crippen molar-refractivity contribution in [2.24, 2.45) is 0 Å². The second kappa shape index (κ2) is 14.1. The quantitative estimate of drug-likeness (QED) is 0.651. The number of halogens is 2. The first-order valence-corrected chi connectivity index (χ1v) is 12.2. The number of hydrogen-bond acceptors (Lipinski definition) is 4. The van der Waals surface area contributed by atoms with E-state index in [-0.39, 0.29) is 13.1 Å². The Labute approximate surface area is 158 Å². The fourth-order valence-corrected chi connectivity index (χ4v) is 3.41. The molecular weight excluding hydrogens is 374 g/mol. The van der Waals surface area contributed by atoms with Crippen molar-refractivity contribution in [2.45, 2.75) is 26.7 Å². The molecule has 23 heavy (non-hydrogen) atoms. The molecule has 2 aliphatic rings. The number of rotatable bonds is 2. The van der Waals surface area contributed by atoms with Gasteiger partial charge in [0.1, 0.15) is 0 Å². The van der Waals surface area contributed by atoms with Gasteiger partial charge in [0.15, 0.2) is 0 Å². The number of likely N-dealkylation sites (N-methyl/N-ethyl adjacent to an activating group) is 2. The Balaban J connectivity index is 0.000000816. The first-order chi connectivity index (χ1) is 11.2. The van der Waals surface area contributed by atoms with Crippen LogP contribution in [0.1, 0.15) is 26.7 Å². The van der Waals surface area contributed by atoms with Crippen LogP contribution in [0.15, 0.2) is 0 Å². The zero-order chi connectivity index (χ0) is 16.9. The normalized spacial score (nSPS) is 28.7. The zero-order valence-corrected chi connectivity index (χ0v) is 17.5. The molecular formula is C16H34Cl2MnN4. The Hall–Kier alpha value is 0.939. The Morgan fingerprint density at radius 1 is 0.609 bits per heavy atom. The topological polar surface area (TPSA) is 13.0 Å². The summed E-state index contributed by atoms with van der Waals surface area (Å²) in [4.78, 5) is 10.6. The van der Waals surface area contributed by atoms with E-state index in [0.717, 1.165) is 0 Å². The molecule has 0 aliphatic carbocycles. The van der Waals surface area contributed by atoms with Gasteiger partial charge in [0.05, 0.1) is 0 Å². The average Bonchev–Trinajstić information content (AvgIpc) is 2.57. The van der Waals surface area contributed by atoms with Crippen LogP contribution in [0.3, 0.4) is 0 Å². The molecule has 0 saturated carbocycles. The average molecular weight is 408 g/mol. The summed E-state index contributed by atoms with van der Waals surface area (Å²) in [6.45, 7) is 19.7. The van der Waals surface area contributed by atoms with Gasteiger partial charge in [-0.05, 0) is 52.1 Å². The summed E-state index contributed by atoms with van der Waals surface area (Å²) in [5.74, 6) is 0. The summed E-state index contributed by atoms with van der Waals surface area (Å²) >= 11 is 0.00694. The van der Waals surface area contributed by atoms with E-state index in [0.29, 0.717) is 0 Å². The van der Waals surface area contributed by atoms with Crippen molar-refractivity contribution in [3.05, 3.63) is 0 Å². The predicted octanol–water partition coefficient (Wildman–Crippen LogP) is 2.42. The summed E-state index contributed by atoms with van der Waals surface area (Å²) < 4.78 is 0. The Kier molecular flexibility index (Phi) is 13.5. The maximum atomic E-state index is 4.80. The van der Waals surface area contributed by atoms with E-state index in [4.69, 9.17) is 20.2 Å². The number of fused-ring (bicyclic) bond motifs is 3. The SMILES string of the molecule is CCN1CCCN2CCN(CC)CCCN(CC1)CC2.[Cl][Mn][Cl]. The fraction of sp³-hybridized carbons (Fsp3) is 1.00. The minimum atomic E-state index is 0.00694. The van der Waals surface area contributed by atoms with Gasteiger partial charge in [-0.2, -0.15) is 0 Å². The van der Waals surface area contributed by atoms with Gasteiger partial charge < -0.3 is 19.6 Å². The molecule has 2 saturated heterocycles. The molecule has 2 unspecified atom stereocenters. The van der Waals surface area contributed by atoms with Crippen molar-refractivity contribution < 1.29 is 13.1 Å². The van der Waals surface area contributed by atoms with Crippen LogP contribution in [0.25, 0.3) is 0 Å². The zero-order valence-electron chi connectivity index (χ0n) is 14.8. The summed E-state index contributed by atoms with van der Waals surface area (Å²) in [5, 5.41) is 0. The Morgan fingerprint density at radius 2 is 0.957 bits per heavy atom. The number of hydrogen-bond donors (Lipinski definition) is 0. The second-order valence-electron chi connectivity index (χ2n) is 6.31. The van der Waals surface area contributed by atoms with E-state index in [1.807, 2.05) is 0 Å². The molecule has 2 bridgehead atoms. The summed E-state index contributed by atoms with van der Waals surface area (Å²) in [7, 11) is 9.59. The molecule has 0 aromatic rings. The monoisotopic (exact) mass is 407 g/mol. The molecule has 0 aromatic heterocycles. The van der Waals surface area contributed by atoms with Crippen molar-refractivity contribution in [2.75, 3.05) is 78.5 Å². The van der Waals surface area contributed by atoms with E-state index in [1.165, 1.54) is 91.4 Å². The molecule has 0 amide bonds. The molecule has 7 heteroatoms. The first-order valence-electron chi connectivity index (χ1n) is 8.99. The Morgan fingerprint density at radius 3 is 1.30 bits per heavy atom. The molecule has 0 aromatic carbocycles. The molecule has 0 spiro atoms. The van der Waals surface area contributed by atoms with Gasteiger partial charge in [0, 0.05) is 39.3 Å². The van der Waals surface area contributed by atoms with Gasteiger partial charge in [-0.25, -0.2) is 0 Å². The third kappa shape index (κ3) is 9.86. The van der Waals surface area contributed by atoms with Crippen LogP contribution in [0, 0.1) is 0 Å². The molecule has 0 N–H and O–H groups in total. The van der Waals surface area contributed by atoms with Gasteiger partial charge in [0.25, 0.3) is 0 Å².